The van der Waals surface area contributed by atoms with Crippen molar-refractivity contribution in [3.05, 3.63) is 0 Å². The van der Waals surface area contributed by atoms with Crippen LogP contribution in [0.5, 0.6) is 0 Å². The van der Waals surface area contributed by atoms with Crippen LogP contribution in [0.1, 0.15) is 72.6 Å². The molecule has 2 atom stereocenters. The molecular weight excluding hydrogens is 206 g/mol. The average molecular weight is 239 g/mol. The van der Waals surface area contributed by atoms with Crippen LogP contribution in [0.3, 0.4) is 0 Å². The monoisotopic (exact) mass is 239 g/mol. The van der Waals surface area contributed by atoms with Crippen LogP contribution in [-0.2, 0) is 0 Å². The predicted octanol–water partition coefficient (Wildman–Crippen LogP) is 4.62. The Balaban J connectivity index is 2.43. The standard InChI is InChI=1S/C16H33N/c1-5-11-17-16(12-13(3)6-2)15-9-7-14(4)8-10-15/h13-17H,5-12H2,1-4H3. The Morgan fingerprint density at radius 3 is 2.29 bits per heavy atom. The smallest absolute Gasteiger partial charge is 0.00978 e. The minimum Gasteiger partial charge on any atom is -0.314 e. The van der Waals surface area contributed by atoms with Gasteiger partial charge in [-0.15, -0.1) is 0 Å². The molecule has 1 aliphatic carbocycles. The first kappa shape index (κ1) is 15.0. The summed E-state index contributed by atoms with van der Waals surface area (Å²) in [7, 11) is 0. The predicted molar refractivity (Wildman–Crippen MR) is 77.3 cm³/mol. The van der Waals surface area contributed by atoms with E-state index in [1.165, 1.54) is 51.5 Å². The molecule has 0 aromatic rings. The Morgan fingerprint density at radius 2 is 1.76 bits per heavy atom. The van der Waals surface area contributed by atoms with Crippen molar-refractivity contribution >= 4 is 0 Å². The molecule has 1 N–H and O–H groups in total. The molecular formula is C16H33N. The van der Waals surface area contributed by atoms with Crippen LogP contribution in [0.2, 0.25) is 0 Å². The van der Waals surface area contributed by atoms with Crippen molar-refractivity contribution in [3.63, 3.8) is 0 Å². The van der Waals surface area contributed by atoms with E-state index in [1.807, 2.05) is 0 Å². The summed E-state index contributed by atoms with van der Waals surface area (Å²) in [4.78, 5) is 0. The summed E-state index contributed by atoms with van der Waals surface area (Å²) in [6.45, 7) is 10.6. The van der Waals surface area contributed by atoms with Crippen LogP contribution in [0.25, 0.3) is 0 Å². The van der Waals surface area contributed by atoms with Gasteiger partial charge < -0.3 is 5.32 Å². The van der Waals surface area contributed by atoms with Gasteiger partial charge in [-0.25, -0.2) is 0 Å². The lowest BCUT2D eigenvalue weighted by Gasteiger charge is -2.34. The maximum atomic E-state index is 3.82. The van der Waals surface area contributed by atoms with Gasteiger partial charge in [0.25, 0.3) is 0 Å². The van der Waals surface area contributed by atoms with Crippen LogP contribution in [-0.4, -0.2) is 12.6 Å². The van der Waals surface area contributed by atoms with Gasteiger partial charge in [-0.2, -0.15) is 0 Å². The van der Waals surface area contributed by atoms with Crippen molar-refractivity contribution < 1.29 is 0 Å². The second kappa shape index (κ2) is 8.13. The van der Waals surface area contributed by atoms with Gasteiger partial charge in [-0.1, -0.05) is 47.0 Å². The summed E-state index contributed by atoms with van der Waals surface area (Å²) >= 11 is 0. The molecule has 0 bridgehead atoms. The lowest BCUT2D eigenvalue weighted by Crippen LogP contribution is -2.39. The molecule has 2 unspecified atom stereocenters. The second-order valence-electron chi connectivity index (χ2n) is 6.33. The van der Waals surface area contributed by atoms with Crippen LogP contribution < -0.4 is 5.32 Å². The first-order chi connectivity index (χ1) is 8.17. The first-order valence-electron chi connectivity index (χ1n) is 7.90. The first-order valence-corrected chi connectivity index (χ1v) is 7.90. The normalized spacial score (nSPS) is 28.9. The summed E-state index contributed by atoms with van der Waals surface area (Å²) in [6, 6.07) is 0.789. The number of nitrogens with one attached hydrogen (secondary N) is 1. The van der Waals surface area contributed by atoms with Crippen molar-refractivity contribution in [3.8, 4) is 0 Å². The number of hydrogen-bond acceptors (Lipinski definition) is 1. The Labute approximate surface area is 109 Å². The molecule has 0 spiro atoms. The van der Waals surface area contributed by atoms with Gasteiger partial charge >= 0.3 is 0 Å². The molecule has 0 heterocycles. The zero-order valence-electron chi connectivity index (χ0n) is 12.5. The highest BCUT2D eigenvalue weighted by molar-refractivity contribution is 4.82. The van der Waals surface area contributed by atoms with Gasteiger partial charge in [0.1, 0.15) is 0 Å². The molecule has 0 aliphatic heterocycles. The summed E-state index contributed by atoms with van der Waals surface area (Å²) in [6.07, 6.45) is 9.80. The molecule has 1 aliphatic rings. The van der Waals surface area contributed by atoms with E-state index in [0.717, 1.165) is 23.8 Å². The van der Waals surface area contributed by atoms with E-state index in [-0.39, 0.29) is 0 Å². The van der Waals surface area contributed by atoms with E-state index in [4.69, 9.17) is 0 Å². The van der Waals surface area contributed by atoms with Gasteiger partial charge in [-0.3, -0.25) is 0 Å². The van der Waals surface area contributed by atoms with Gasteiger partial charge in [0.15, 0.2) is 0 Å². The molecule has 102 valence electrons. The Kier molecular flexibility index (Phi) is 7.18. The summed E-state index contributed by atoms with van der Waals surface area (Å²) in [5.74, 6) is 2.80. The van der Waals surface area contributed by atoms with Crippen molar-refractivity contribution in [2.24, 2.45) is 17.8 Å². The van der Waals surface area contributed by atoms with Crippen molar-refractivity contribution in [1.29, 1.82) is 0 Å². The highest BCUT2D eigenvalue weighted by Crippen LogP contribution is 2.32. The van der Waals surface area contributed by atoms with E-state index in [1.54, 1.807) is 0 Å². The molecule has 0 saturated heterocycles. The maximum Gasteiger partial charge on any atom is 0.00978 e. The van der Waals surface area contributed by atoms with E-state index >= 15 is 0 Å². The fourth-order valence-corrected chi connectivity index (χ4v) is 3.06. The average Bonchev–Trinajstić information content (AvgIpc) is 2.35. The Bertz CT molecular complexity index is 182. The lowest BCUT2D eigenvalue weighted by molar-refractivity contribution is 0.207. The third-order valence-corrected chi connectivity index (χ3v) is 4.64. The Hall–Kier alpha value is -0.0400. The molecule has 1 heteroatoms. The van der Waals surface area contributed by atoms with Crippen molar-refractivity contribution in [2.75, 3.05) is 6.54 Å². The number of rotatable bonds is 7. The molecule has 0 aromatic carbocycles. The van der Waals surface area contributed by atoms with Crippen molar-refractivity contribution in [1.82, 2.24) is 5.32 Å². The lowest BCUT2D eigenvalue weighted by atomic mass is 9.77. The van der Waals surface area contributed by atoms with Crippen LogP contribution in [0.4, 0.5) is 0 Å². The highest BCUT2D eigenvalue weighted by Gasteiger charge is 2.26. The summed E-state index contributed by atoms with van der Waals surface area (Å²) < 4.78 is 0. The minimum atomic E-state index is 0.789. The Morgan fingerprint density at radius 1 is 1.12 bits per heavy atom. The third kappa shape index (κ3) is 5.42. The summed E-state index contributed by atoms with van der Waals surface area (Å²) in [5.41, 5.74) is 0. The van der Waals surface area contributed by atoms with E-state index < -0.39 is 0 Å². The van der Waals surface area contributed by atoms with E-state index in [2.05, 4.69) is 33.0 Å². The zero-order chi connectivity index (χ0) is 12.7. The highest BCUT2D eigenvalue weighted by atomic mass is 14.9. The van der Waals surface area contributed by atoms with Gasteiger partial charge in [0.2, 0.25) is 0 Å². The quantitative estimate of drug-likeness (QED) is 0.683. The van der Waals surface area contributed by atoms with E-state index in [0.29, 0.717) is 0 Å². The molecule has 0 amide bonds. The SMILES string of the molecule is CCCNC(CC(C)CC)C1CCC(C)CC1. The molecule has 1 saturated carbocycles. The minimum absolute atomic E-state index is 0.789. The van der Waals surface area contributed by atoms with E-state index in [9.17, 15) is 0 Å². The van der Waals surface area contributed by atoms with Gasteiger partial charge in [0.05, 0.1) is 0 Å². The molecule has 1 nitrogen and oxygen atoms in total. The molecule has 0 radical (unpaired) electrons. The van der Waals surface area contributed by atoms with Crippen molar-refractivity contribution in [2.45, 2.75) is 78.7 Å². The molecule has 1 rings (SSSR count). The van der Waals surface area contributed by atoms with Gasteiger partial charge in [0, 0.05) is 6.04 Å². The van der Waals surface area contributed by atoms with Gasteiger partial charge in [-0.05, 0) is 50.0 Å². The summed E-state index contributed by atoms with van der Waals surface area (Å²) in [5, 5.41) is 3.82. The number of hydrogen-bond donors (Lipinski definition) is 1. The maximum absolute atomic E-state index is 3.82. The molecule has 0 aromatic heterocycles. The zero-order valence-corrected chi connectivity index (χ0v) is 12.5. The third-order valence-electron chi connectivity index (χ3n) is 4.64. The van der Waals surface area contributed by atoms with Crippen LogP contribution in [0.15, 0.2) is 0 Å². The fourth-order valence-electron chi connectivity index (χ4n) is 3.06. The molecule has 1 fully saturated rings. The second-order valence-corrected chi connectivity index (χ2v) is 6.33. The largest absolute Gasteiger partial charge is 0.314 e. The topological polar surface area (TPSA) is 12.0 Å². The fraction of sp³-hybridized carbons (Fsp3) is 1.00. The van der Waals surface area contributed by atoms with Crippen LogP contribution in [0, 0.1) is 17.8 Å². The molecule has 17 heavy (non-hydrogen) atoms. The van der Waals surface area contributed by atoms with Crippen LogP contribution >= 0.6 is 0 Å².